The van der Waals surface area contributed by atoms with Crippen molar-refractivity contribution in [3.63, 3.8) is 0 Å². The molecule has 2 amide bonds. The highest BCUT2D eigenvalue weighted by molar-refractivity contribution is 6.14. The SMILES string of the molecule is COc1ccc(C(=O)Nc2ccc(NC(=O)c3ccc(OC)cc3)c3ccccc23)cc1. The van der Waals surface area contributed by atoms with Gasteiger partial charge in [0.1, 0.15) is 11.5 Å². The number of anilines is 2. The molecular weight excluding hydrogens is 404 g/mol. The number of rotatable bonds is 6. The molecule has 2 N–H and O–H groups in total. The molecule has 0 aliphatic rings. The first kappa shape index (κ1) is 20.9. The van der Waals surface area contributed by atoms with Crippen molar-refractivity contribution >= 4 is 34.0 Å². The van der Waals surface area contributed by atoms with Gasteiger partial charge in [0.2, 0.25) is 0 Å². The Morgan fingerprint density at radius 2 is 0.938 bits per heavy atom. The van der Waals surface area contributed by atoms with Crippen molar-refractivity contribution in [3.8, 4) is 11.5 Å². The fourth-order valence-electron chi connectivity index (χ4n) is 3.39. The molecule has 0 heterocycles. The van der Waals surface area contributed by atoms with Crippen LogP contribution in [0.15, 0.2) is 84.9 Å². The van der Waals surface area contributed by atoms with Gasteiger partial charge in [-0.15, -0.1) is 0 Å². The number of nitrogens with one attached hydrogen (secondary N) is 2. The number of methoxy groups -OCH3 is 2. The van der Waals surface area contributed by atoms with Crippen molar-refractivity contribution in [2.75, 3.05) is 24.9 Å². The molecule has 0 spiro atoms. The van der Waals surface area contributed by atoms with Crippen LogP contribution in [0, 0.1) is 0 Å². The molecule has 0 saturated carbocycles. The molecule has 0 fully saturated rings. The van der Waals surface area contributed by atoms with Gasteiger partial charge in [0.25, 0.3) is 11.8 Å². The number of hydrogen-bond donors (Lipinski definition) is 2. The van der Waals surface area contributed by atoms with Crippen LogP contribution >= 0.6 is 0 Å². The highest BCUT2D eigenvalue weighted by atomic mass is 16.5. The normalized spacial score (nSPS) is 10.4. The summed E-state index contributed by atoms with van der Waals surface area (Å²) in [6.45, 7) is 0. The highest BCUT2D eigenvalue weighted by Gasteiger charge is 2.13. The average Bonchev–Trinajstić information content (AvgIpc) is 2.85. The zero-order valence-corrected chi connectivity index (χ0v) is 17.7. The van der Waals surface area contributed by atoms with Gasteiger partial charge in [-0.2, -0.15) is 0 Å². The van der Waals surface area contributed by atoms with Crippen LogP contribution in [0.3, 0.4) is 0 Å². The fourth-order valence-corrected chi connectivity index (χ4v) is 3.39. The zero-order chi connectivity index (χ0) is 22.5. The zero-order valence-electron chi connectivity index (χ0n) is 17.7. The molecule has 0 radical (unpaired) electrons. The number of hydrogen-bond acceptors (Lipinski definition) is 4. The summed E-state index contributed by atoms with van der Waals surface area (Å²) in [6.07, 6.45) is 0. The first-order chi connectivity index (χ1) is 15.6. The smallest absolute Gasteiger partial charge is 0.255 e. The molecule has 0 aliphatic carbocycles. The number of carbonyl (C=O) groups excluding carboxylic acids is 2. The van der Waals surface area contributed by atoms with Crippen LogP contribution in [-0.4, -0.2) is 26.0 Å². The Hall–Kier alpha value is -4.32. The number of ether oxygens (including phenoxy) is 2. The monoisotopic (exact) mass is 426 g/mol. The van der Waals surface area contributed by atoms with Crippen LogP contribution in [0.5, 0.6) is 11.5 Å². The molecule has 0 bridgehead atoms. The van der Waals surface area contributed by atoms with E-state index in [1.54, 1.807) is 74.9 Å². The van der Waals surface area contributed by atoms with Crippen molar-refractivity contribution in [3.05, 3.63) is 96.1 Å². The van der Waals surface area contributed by atoms with Crippen molar-refractivity contribution in [1.29, 1.82) is 0 Å². The molecule has 6 heteroatoms. The topological polar surface area (TPSA) is 76.7 Å². The number of carbonyl (C=O) groups is 2. The summed E-state index contributed by atoms with van der Waals surface area (Å²) in [7, 11) is 3.16. The molecule has 160 valence electrons. The molecule has 0 unspecified atom stereocenters. The minimum absolute atomic E-state index is 0.229. The summed E-state index contributed by atoms with van der Waals surface area (Å²) in [5.74, 6) is 0.911. The van der Waals surface area contributed by atoms with Gasteiger partial charge < -0.3 is 20.1 Å². The molecule has 32 heavy (non-hydrogen) atoms. The Bertz CT molecular complexity index is 1170. The van der Waals surface area contributed by atoms with Gasteiger partial charge in [0.05, 0.1) is 14.2 Å². The lowest BCUT2D eigenvalue weighted by Crippen LogP contribution is -2.14. The molecule has 0 atom stereocenters. The Balaban J connectivity index is 1.59. The maximum absolute atomic E-state index is 12.7. The third-order valence-corrected chi connectivity index (χ3v) is 5.12. The van der Waals surface area contributed by atoms with E-state index in [1.165, 1.54) is 0 Å². The quantitative estimate of drug-likeness (QED) is 0.435. The van der Waals surface area contributed by atoms with Crippen LogP contribution in [0.1, 0.15) is 20.7 Å². The number of fused-ring (bicyclic) bond motifs is 1. The fraction of sp³-hybridized carbons (Fsp3) is 0.0769. The van der Waals surface area contributed by atoms with Gasteiger partial charge in [-0.25, -0.2) is 0 Å². The molecule has 4 aromatic rings. The summed E-state index contributed by atoms with van der Waals surface area (Å²) < 4.78 is 10.3. The van der Waals surface area contributed by atoms with E-state index in [-0.39, 0.29) is 11.8 Å². The van der Waals surface area contributed by atoms with Crippen molar-refractivity contribution < 1.29 is 19.1 Å². The van der Waals surface area contributed by atoms with E-state index in [0.717, 1.165) is 10.8 Å². The lowest BCUT2D eigenvalue weighted by molar-refractivity contribution is 0.101. The highest BCUT2D eigenvalue weighted by Crippen LogP contribution is 2.31. The van der Waals surface area contributed by atoms with E-state index >= 15 is 0 Å². The van der Waals surface area contributed by atoms with E-state index in [9.17, 15) is 9.59 Å². The second-order valence-corrected chi connectivity index (χ2v) is 7.07. The van der Waals surface area contributed by atoms with Gasteiger partial charge >= 0.3 is 0 Å². The maximum atomic E-state index is 12.7. The van der Waals surface area contributed by atoms with E-state index in [0.29, 0.717) is 34.0 Å². The minimum atomic E-state index is -0.229. The van der Waals surface area contributed by atoms with E-state index in [1.807, 2.05) is 24.3 Å². The largest absolute Gasteiger partial charge is 0.497 e. The van der Waals surface area contributed by atoms with E-state index in [2.05, 4.69) is 10.6 Å². The van der Waals surface area contributed by atoms with Crippen LogP contribution < -0.4 is 20.1 Å². The average molecular weight is 426 g/mol. The Kier molecular flexibility index (Phi) is 6.03. The van der Waals surface area contributed by atoms with Crippen molar-refractivity contribution in [2.24, 2.45) is 0 Å². The summed E-state index contributed by atoms with van der Waals surface area (Å²) in [4.78, 5) is 25.5. The maximum Gasteiger partial charge on any atom is 0.255 e. The lowest BCUT2D eigenvalue weighted by atomic mass is 10.1. The summed E-state index contributed by atoms with van der Waals surface area (Å²) >= 11 is 0. The van der Waals surface area contributed by atoms with Gasteiger partial charge in [0.15, 0.2) is 0 Å². The number of benzene rings is 4. The lowest BCUT2D eigenvalue weighted by Gasteiger charge is -2.14. The summed E-state index contributed by atoms with van der Waals surface area (Å²) in [5, 5.41) is 7.56. The van der Waals surface area contributed by atoms with Gasteiger partial charge in [0, 0.05) is 33.3 Å². The molecule has 0 aliphatic heterocycles. The van der Waals surface area contributed by atoms with Crippen molar-refractivity contribution in [1.82, 2.24) is 0 Å². The third-order valence-electron chi connectivity index (χ3n) is 5.12. The van der Waals surface area contributed by atoms with Crippen LogP contribution in [0.2, 0.25) is 0 Å². The second kappa shape index (κ2) is 9.22. The van der Waals surface area contributed by atoms with E-state index < -0.39 is 0 Å². The molecule has 0 saturated heterocycles. The second-order valence-electron chi connectivity index (χ2n) is 7.07. The molecule has 4 rings (SSSR count). The van der Waals surface area contributed by atoms with Crippen LogP contribution in [-0.2, 0) is 0 Å². The Morgan fingerprint density at radius 3 is 1.28 bits per heavy atom. The van der Waals surface area contributed by atoms with Crippen molar-refractivity contribution in [2.45, 2.75) is 0 Å². The first-order valence-electron chi connectivity index (χ1n) is 10.0. The van der Waals surface area contributed by atoms with Gasteiger partial charge in [-0.1, -0.05) is 24.3 Å². The van der Waals surface area contributed by atoms with Crippen LogP contribution in [0.25, 0.3) is 10.8 Å². The van der Waals surface area contributed by atoms with Gasteiger partial charge in [-0.05, 0) is 60.7 Å². The predicted molar refractivity (Wildman–Crippen MR) is 126 cm³/mol. The first-order valence-corrected chi connectivity index (χ1v) is 10.0. The summed E-state index contributed by atoms with van der Waals surface area (Å²) in [6, 6.07) is 25.0. The Morgan fingerprint density at radius 1 is 0.562 bits per heavy atom. The molecule has 0 aromatic heterocycles. The number of amides is 2. The molecule has 4 aromatic carbocycles. The van der Waals surface area contributed by atoms with Gasteiger partial charge in [-0.3, -0.25) is 9.59 Å². The standard InChI is InChI=1S/C26H22N2O4/c1-31-19-11-7-17(8-12-19)25(29)27-23-15-16-24(22-6-4-3-5-21(22)23)28-26(30)18-9-13-20(32-2)14-10-18/h3-16H,1-2H3,(H,27,29)(H,28,30). The third kappa shape index (κ3) is 4.39. The molecular formula is C26H22N2O4. The Labute approximate surface area is 185 Å². The summed E-state index contributed by atoms with van der Waals surface area (Å²) in [5.41, 5.74) is 2.35. The predicted octanol–water partition coefficient (Wildman–Crippen LogP) is 5.36. The molecule has 6 nitrogen and oxygen atoms in total. The minimum Gasteiger partial charge on any atom is -0.497 e. The van der Waals surface area contributed by atoms with Crippen LogP contribution in [0.4, 0.5) is 11.4 Å². The van der Waals surface area contributed by atoms with E-state index in [4.69, 9.17) is 9.47 Å².